The number of rotatable bonds is 10. The van der Waals surface area contributed by atoms with Crippen molar-refractivity contribution in [1.82, 2.24) is 0 Å². The summed E-state index contributed by atoms with van der Waals surface area (Å²) in [6, 6.07) is 0. The van der Waals surface area contributed by atoms with Gasteiger partial charge in [-0.05, 0) is 147 Å². The second kappa shape index (κ2) is 18.5. The van der Waals surface area contributed by atoms with Crippen molar-refractivity contribution >= 4 is 5.78 Å². The molecular formula is C57H90O19. The molecule has 0 unspecified atom stereocenters. The number of fused-ring (bicyclic) bond motifs is 6. The Bertz CT molecular complexity index is 2220. The Morgan fingerprint density at radius 3 is 1.68 bits per heavy atom. The van der Waals surface area contributed by atoms with Gasteiger partial charge in [0, 0.05) is 23.7 Å². The molecule has 4 bridgehead atoms. The van der Waals surface area contributed by atoms with E-state index in [2.05, 4.69) is 41.5 Å². The van der Waals surface area contributed by atoms with E-state index in [1.54, 1.807) is 0 Å². The SMILES string of the molecule is CC1(C)C(=O)CC[C@]2(C)[C@@H]1CC[C@@]13C[C@@H](CC[C@H]12)[C@@](O)(CO[C@@H]1O[C@H](CO[C@@H]2OC[C@]4(CO[C@]5(CC[C@]6(C)[C@H](CC[C@@]78C[C@@H](CC[C@H]76)[C@@](O)(CO[C@@H]6O[C@H](CO)[C@@H](O)[C@H](O)[C@H]6O)C8)C5(C)C)O4)[C@H]2O)[C@@H](O)[C@H](O)[C@H]1O)C3. The summed E-state index contributed by atoms with van der Waals surface area (Å²) in [5.41, 5.74) is -4.87. The Kier molecular flexibility index (Phi) is 13.5. The number of carbonyl (C=O) groups excluding carboxylic acids is 1. The number of ketones is 1. The molecule has 19 nitrogen and oxygen atoms in total. The van der Waals surface area contributed by atoms with Gasteiger partial charge in [-0.25, -0.2) is 0 Å². The third kappa shape index (κ3) is 7.88. The van der Waals surface area contributed by atoms with E-state index in [1.807, 2.05) is 0 Å². The molecule has 4 spiro atoms. The number of aliphatic hydroxyl groups is 10. The lowest BCUT2D eigenvalue weighted by molar-refractivity contribution is -0.322. The Labute approximate surface area is 446 Å². The van der Waals surface area contributed by atoms with Crippen LogP contribution in [-0.4, -0.2) is 193 Å². The van der Waals surface area contributed by atoms with Crippen LogP contribution in [-0.2, 0) is 42.7 Å². The van der Waals surface area contributed by atoms with Crippen molar-refractivity contribution in [1.29, 1.82) is 0 Å². The number of hydrogen-bond donors (Lipinski definition) is 10. The van der Waals surface area contributed by atoms with Gasteiger partial charge in [0.2, 0.25) is 0 Å². The van der Waals surface area contributed by atoms with E-state index in [4.69, 9.17) is 37.9 Å². The maximum atomic E-state index is 13.1. The fourth-order valence-corrected chi connectivity index (χ4v) is 20.9. The molecule has 26 atom stereocenters. The van der Waals surface area contributed by atoms with Gasteiger partial charge >= 0.3 is 0 Å². The first-order chi connectivity index (χ1) is 35.7. The lowest BCUT2D eigenvalue weighted by Crippen LogP contribution is -2.65. The molecule has 12 aliphatic rings. The zero-order chi connectivity index (χ0) is 54.2. The summed E-state index contributed by atoms with van der Waals surface area (Å²) in [4.78, 5) is 13.1. The largest absolute Gasteiger partial charge is 0.394 e. The van der Waals surface area contributed by atoms with Gasteiger partial charge < -0.3 is 89.0 Å². The fourth-order valence-electron chi connectivity index (χ4n) is 20.9. The molecule has 0 amide bonds. The minimum atomic E-state index is -1.64. The summed E-state index contributed by atoms with van der Waals surface area (Å²) in [5.74, 6) is 0.398. The molecule has 8 saturated carbocycles. The van der Waals surface area contributed by atoms with Gasteiger partial charge in [0.15, 0.2) is 24.7 Å². The Morgan fingerprint density at radius 1 is 0.566 bits per heavy atom. The molecule has 0 aromatic rings. The quantitative estimate of drug-likeness (QED) is 0.150. The maximum absolute atomic E-state index is 13.1. The number of carbonyl (C=O) groups is 1. The lowest BCUT2D eigenvalue weighted by atomic mass is 9.40. The van der Waals surface area contributed by atoms with Crippen LogP contribution in [0, 0.1) is 68.0 Å². The molecule has 0 aromatic carbocycles. The normalized spacial score (nSPS) is 57.8. The third-order valence-electron chi connectivity index (χ3n) is 24.7. The average molecular weight is 1080 g/mol. The predicted molar refractivity (Wildman–Crippen MR) is 265 cm³/mol. The third-order valence-corrected chi connectivity index (χ3v) is 24.7. The van der Waals surface area contributed by atoms with E-state index < -0.39 is 108 Å². The van der Waals surface area contributed by atoms with Gasteiger partial charge in [0.25, 0.3) is 0 Å². The van der Waals surface area contributed by atoms with Crippen LogP contribution in [0.25, 0.3) is 0 Å². The molecule has 12 rings (SSSR count). The Morgan fingerprint density at radius 2 is 1.11 bits per heavy atom. The first kappa shape index (κ1) is 55.5. The molecule has 4 aliphatic heterocycles. The Balaban J connectivity index is 0.663. The minimum absolute atomic E-state index is 0.00569. The highest BCUT2D eigenvalue weighted by Crippen LogP contribution is 2.76. The van der Waals surface area contributed by atoms with E-state index >= 15 is 0 Å². The van der Waals surface area contributed by atoms with Crippen molar-refractivity contribution in [2.75, 3.05) is 39.6 Å². The second-order valence-corrected chi connectivity index (χ2v) is 28.9. The highest BCUT2D eigenvalue weighted by molar-refractivity contribution is 5.85. The van der Waals surface area contributed by atoms with Crippen molar-refractivity contribution in [2.24, 2.45) is 68.0 Å². The van der Waals surface area contributed by atoms with Crippen LogP contribution in [0.3, 0.4) is 0 Å². The summed E-state index contributed by atoms with van der Waals surface area (Å²) < 4.78 is 50.1. The van der Waals surface area contributed by atoms with Crippen molar-refractivity contribution in [2.45, 2.75) is 241 Å². The molecule has 76 heavy (non-hydrogen) atoms. The number of Topliss-reactive ketones (excluding diaryl/α,β-unsaturated/α-hetero) is 1. The van der Waals surface area contributed by atoms with Crippen molar-refractivity contribution in [3.8, 4) is 0 Å². The number of aliphatic hydroxyl groups excluding tert-OH is 8. The van der Waals surface area contributed by atoms with Crippen LogP contribution in [0.15, 0.2) is 0 Å². The zero-order valence-corrected chi connectivity index (χ0v) is 45.6. The van der Waals surface area contributed by atoms with E-state index in [0.717, 1.165) is 77.0 Å². The monoisotopic (exact) mass is 1080 g/mol. The van der Waals surface area contributed by atoms with Gasteiger partial charge in [-0.15, -0.1) is 0 Å². The predicted octanol–water partition coefficient (Wildman–Crippen LogP) is 1.96. The molecule has 0 radical (unpaired) electrons. The molecule has 4 saturated heterocycles. The summed E-state index contributed by atoms with van der Waals surface area (Å²) in [6.07, 6.45) is -4.09. The molecule has 4 heterocycles. The summed E-state index contributed by atoms with van der Waals surface area (Å²) in [7, 11) is 0. The zero-order valence-electron chi connectivity index (χ0n) is 45.6. The van der Waals surface area contributed by atoms with E-state index in [9.17, 15) is 55.9 Å². The van der Waals surface area contributed by atoms with Gasteiger partial charge in [-0.2, -0.15) is 0 Å². The van der Waals surface area contributed by atoms with Gasteiger partial charge in [0.1, 0.15) is 66.3 Å². The van der Waals surface area contributed by atoms with Crippen LogP contribution in [0.5, 0.6) is 0 Å². The van der Waals surface area contributed by atoms with Crippen LogP contribution in [0.1, 0.15) is 144 Å². The highest BCUT2D eigenvalue weighted by atomic mass is 16.8. The Hall–Kier alpha value is -1.05. The van der Waals surface area contributed by atoms with Gasteiger partial charge in [0.05, 0.1) is 50.8 Å². The lowest BCUT2D eigenvalue weighted by Gasteiger charge is -2.67. The van der Waals surface area contributed by atoms with Crippen LogP contribution >= 0.6 is 0 Å². The molecule has 0 aromatic heterocycles. The number of ether oxygens (including phenoxy) is 8. The molecule has 12 fully saturated rings. The van der Waals surface area contributed by atoms with E-state index in [1.165, 1.54) is 0 Å². The minimum Gasteiger partial charge on any atom is -0.394 e. The van der Waals surface area contributed by atoms with Crippen LogP contribution in [0.4, 0.5) is 0 Å². The summed E-state index contributed by atoms with van der Waals surface area (Å²) >= 11 is 0. The maximum Gasteiger partial charge on any atom is 0.186 e. The fraction of sp³-hybridized carbons (Fsp3) is 0.982. The number of hydrogen-bond acceptors (Lipinski definition) is 19. The van der Waals surface area contributed by atoms with Crippen LogP contribution in [0.2, 0.25) is 0 Å². The van der Waals surface area contributed by atoms with E-state index in [0.29, 0.717) is 43.3 Å². The average Bonchev–Trinajstić information content (AvgIpc) is 4.10. The van der Waals surface area contributed by atoms with Crippen molar-refractivity contribution in [3.63, 3.8) is 0 Å². The van der Waals surface area contributed by atoms with Crippen LogP contribution < -0.4 is 0 Å². The first-order valence-electron chi connectivity index (χ1n) is 29.1. The summed E-state index contributed by atoms with van der Waals surface area (Å²) in [6.45, 7) is 12.3. The highest BCUT2D eigenvalue weighted by Gasteiger charge is 2.75. The first-order valence-corrected chi connectivity index (χ1v) is 29.1. The molecule has 10 N–H and O–H groups in total. The molecule has 19 heteroatoms. The van der Waals surface area contributed by atoms with Gasteiger partial charge in [-0.3, -0.25) is 4.79 Å². The van der Waals surface area contributed by atoms with Crippen molar-refractivity contribution in [3.05, 3.63) is 0 Å². The smallest absolute Gasteiger partial charge is 0.186 e. The second-order valence-electron chi connectivity index (χ2n) is 28.9. The van der Waals surface area contributed by atoms with E-state index in [-0.39, 0.29) is 83.8 Å². The summed E-state index contributed by atoms with van der Waals surface area (Å²) in [5, 5.41) is 111. The molecule has 432 valence electrons. The standard InChI is InChI=1S/C57H90O19/c1-48(2)33-11-15-52-19-29(7-9-35(52)50(33,5)14-13-37(48)59)54(67,23-52)26-71-46-43(65)41(63)39(61)32(75-46)22-69-47-44(66)56(27-72-47)28-73-57(76-56)18-17-51(6)34(49(57,3)4)12-16-53-20-30(8-10-36(51)53)55(68,24-53)25-70-45-42(64)40(62)38(60)31(21-58)74-45/h29-36,38-47,58,60-68H,7-28H2,1-6H3/t29-,30-,31-,32-,33-,34-,35+,36+,38-,39-,40+,41+,42-,43-,44+,45-,46-,47-,50-,51-,52+,53+,54+,55+,56+,57-/m1/s1. The molecular weight excluding hydrogens is 989 g/mol. The topological polar surface area (TPSA) is 293 Å². The molecule has 8 aliphatic carbocycles. The van der Waals surface area contributed by atoms with Gasteiger partial charge in [-0.1, -0.05) is 41.5 Å². The van der Waals surface area contributed by atoms with Crippen molar-refractivity contribution < 1.29 is 93.8 Å².